The van der Waals surface area contributed by atoms with Crippen molar-refractivity contribution in [2.45, 2.75) is 101 Å². The Morgan fingerprint density at radius 2 is 1.59 bits per heavy atom. The van der Waals surface area contributed by atoms with Crippen molar-refractivity contribution in [1.29, 1.82) is 0 Å². The summed E-state index contributed by atoms with van der Waals surface area (Å²) in [6.07, 6.45) is 0.492. The fourth-order valence-corrected chi connectivity index (χ4v) is 7.63. The van der Waals surface area contributed by atoms with E-state index < -0.39 is 63.1 Å². The molecule has 1 saturated heterocycles. The molecule has 0 saturated carbocycles. The number of anilines is 1. The molecule has 15 nitrogen and oxygen atoms in total. The van der Waals surface area contributed by atoms with E-state index in [2.05, 4.69) is 16.0 Å². The molecular weight excluding hydrogens is 743 g/mol. The summed E-state index contributed by atoms with van der Waals surface area (Å²) in [5.41, 5.74) is 5.90. The first-order valence-corrected chi connectivity index (χ1v) is 19.8. The highest BCUT2D eigenvalue weighted by atomic mass is 32.2. The van der Waals surface area contributed by atoms with Gasteiger partial charge in [-0.1, -0.05) is 60.2 Å². The van der Waals surface area contributed by atoms with Crippen LogP contribution >= 0.6 is 0 Å². The molecule has 3 atom stereocenters. The Labute approximate surface area is 327 Å². The van der Waals surface area contributed by atoms with Gasteiger partial charge in [0.2, 0.25) is 15.9 Å². The molecule has 302 valence electrons. The zero-order valence-electron chi connectivity index (χ0n) is 32.1. The minimum Gasteiger partial charge on any atom is -0.480 e. The van der Waals surface area contributed by atoms with Gasteiger partial charge in [-0.05, 0) is 95.2 Å². The van der Waals surface area contributed by atoms with Crippen molar-refractivity contribution >= 4 is 45.6 Å². The molecule has 1 fully saturated rings. The molecule has 0 aliphatic carbocycles. The van der Waals surface area contributed by atoms with Gasteiger partial charge >= 0.3 is 18.0 Å². The second kappa shape index (κ2) is 19.0. The molecule has 6 N–H and O–H groups in total. The van der Waals surface area contributed by atoms with Gasteiger partial charge < -0.3 is 36.3 Å². The zero-order chi connectivity index (χ0) is 41.1. The molecular formula is C40H51N5O10S. The van der Waals surface area contributed by atoms with E-state index in [1.54, 1.807) is 45.0 Å². The van der Waals surface area contributed by atoms with Gasteiger partial charge in [0, 0.05) is 25.2 Å². The number of benzene rings is 3. The lowest BCUT2D eigenvalue weighted by Gasteiger charge is -2.30. The van der Waals surface area contributed by atoms with E-state index in [9.17, 15) is 37.5 Å². The van der Waals surface area contributed by atoms with Crippen molar-refractivity contribution in [1.82, 2.24) is 14.9 Å². The number of aliphatic carboxylic acids is 1. The van der Waals surface area contributed by atoms with E-state index in [-0.39, 0.29) is 56.0 Å². The van der Waals surface area contributed by atoms with Gasteiger partial charge in [-0.15, -0.1) is 0 Å². The number of alkyl carbamates (subject to hydrolysis) is 1. The summed E-state index contributed by atoms with van der Waals surface area (Å²) in [4.78, 5) is 64.5. The lowest BCUT2D eigenvalue weighted by atomic mass is 9.92. The number of nitrogens with zero attached hydrogens (tertiary/aromatic N) is 1. The maximum atomic E-state index is 13.6. The first-order valence-electron chi connectivity index (χ1n) is 18.4. The van der Waals surface area contributed by atoms with Crippen LogP contribution in [0.3, 0.4) is 0 Å². The summed E-state index contributed by atoms with van der Waals surface area (Å²) >= 11 is 0. The van der Waals surface area contributed by atoms with E-state index in [1.807, 2.05) is 37.3 Å². The average molecular weight is 794 g/mol. The van der Waals surface area contributed by atoms with Crippen LogP contribution in [0.2, 0.25) is 0 Å². The van der Waals surface area contributed by atoms with Gasteiger partial charge in [0.05, 0.1) is 4.90 Å². The minimum atomic E-state index is -3.99. The van der Waals surface area contributed by atoms with Crippen molar-refractivity contribution in [3.63, 3.8) is 0 Å². The van der Waals surface area contributed by atoms with Crippen LogP contribution in [-0.4, -0.2) is 84.0 Å². The predicted molar refractivity (Wildman–Crippen MR) is 208 cm³/mol. The number of aryl methyl sites for hydroxylation is 1. The molecule has 3 aromatic carbocycles. The fourth-order valence-electron chi connectivity index (χ4n) is 5.98. The van der Waals surface area contributed by atoms with Crippen molar-refractivity contribution in [2.75, 3.05) is 18.4 Å². The number of esters is 1. The van der Waals surface area contributed by atoms with Gasteiger partial charge in [-0.2, -0.15) is 4.31 Å². The van der Waals surface area contributed by atoms with Crippen LogP contribution in [-0.2, 0) is 51.7 Å². The van der Waals surface area contributed by atoms with Crippen LogP contribution in [0.4, 0.5) is 10.5 Å². The number of carbonyl (C=O) groups is 5. The number of nitrogens with one attached hydrogen (secondary N) is 3. The van der Waals surface area contributed by atoms with Crippen molar-refractivity contribution in [3.05, 3.63) is 95.6 Å². The molecule has 1 heterocycles. The quantitative estimate of drug-likeness (QED) is 0.0746. The molecule has 3 aromatic rings. The lowest BCUT2D eigenvalue weighted by molar-refractivity contribution is -0.164. The molecule has 4 rings (SSSR count). The van der Waals surface area contributed by atoms with Crippen LogP contribution < -0.4 is 21.7 Å². The smallest absolute Gasteiger partial charge is 0.407 e. The van der Waals surface area contributed by atoms with E-state index >= 15 is 0 Å². The molecule has 0 bridgehead atoms. The summed E-state index contributed by atoms with van der Waals surface area (Å²) in [6, 6.07) is 19.1. The van der Waals surface area contributed by atoms with E-state index in [0.717, 1.165) is 15.4 Å². The summed E-state index contributed by atoms with van der Waals surface area (Å²) in [5.74, 6) is -3.78. The van der Waals surface area contributed by atoms with Gasteiger partial charge in [0.1, 0.15) is 24.3 Å². The summed E-state index contributed by atoms with van der Waals surface area (Å²) < 4.78 is 38.5. The Morgan fingerprint density at radius 3 is 2.21 bits per heavy atom. The number of carbonyl (C=O) groups excluding carboxylic acids is 4. The summed E-state index contributed by atoms with van der Waals surface area (Å²) in [7, 11) is -3.99. The topological polar surface area (TPSA) is 224 Å². The van der Waals surface area contributed by atoms with Crippen molar-refractivity contribution in [3.8, 4) is 0 Å². The fraction of sp³-hybridized carbons (Fsp3) is 0.425. The molecule has 3 amide bonds. The first kappa shape index (κ1) is 43.4. The Balaban J connectivity index is 1.34. The number of amides is 3. The molecule has 1 aliphatic heterocycles. The van der Waals surface area contributed by atoms with E-state index in [0.29, 0.717) is 18.4 Å². The largest absolute Gasteiger partial charge is 0.480 e. The number of carboxylic acid groups (broad SMARTS) is 1. The summed E-state index contributed by atoms with van der Waals surface area (Å²) in [6.45, 7) is 7.23. The van der Waals surface area contributed by atoms with Crippen LogP contribution in [0, 0.1) is 6.92 Å². The molecule has 0 aromatic heterocycles. The first-order chi connectivity index (χ1) is 26.4. The Morgan fingerprint density at radius 1 is 0.929 bits per heavy atom. The third-order valence-electron chi connectivity index (χ3n) is 9.05. The molecule has 0 unspecified atom stereocenters. The highest BCUT2D eigenvalue weighted by Gasteiger charge is 2.45. The van der Waals surface area contributed by atoms with Crippen LogP contribution in [0.5, 0.6) is 0 Å². The Hall–Kier alpha value is -5.32. The second-order valence-corrected chi connectivity index (χ2v) is 16.7. The van der Waals surface area contributed by atoms with Gasteiger partial charge in [-0.25, -0.2) is 22.8 Å². The predicted octanol–water partition coefficient (Wildman–Crippen LogP) is 4.03. The number of nitrogens with two attached hydrogens (primary N) is 1. The third-order valence-corrected chi connectivity index (χ3v) is 11.0. The van der Waals surface area contributed by atoms with Crippen molar-refractivity contribution < 1.29 is 47.0 Å². The monoisotopic (exact) mass is 793 g/mol. The van der Waals surface area contributed by atoms with E-state index in [1.165, 1.54) is 24.3 Å². The van der Waals surface area contributed by atoms with Gasteiger partial charge in [0.15, 0.2) is 5.54 Å². The molecule has 0 spiro atoms. The van der Waals surface area contributed by atoms with Crippen LogP contribution in [0.1, 0.15) is 69.6 Å². The maximum absolute atomic E-state index is 13.6. The number of ether oxygens (including phenoxy) is 2. The van der Waals surface area contributed by atoms with Crippen molar-refractivity contribution in [2.24, 2.45) is 5.73 Å². The molecule has 1 aliphatic rings. The normalized spacial score (nSPS) is 16.2. The number of unbranched alkanes of at least 4 members (excludes halogenated alkanes) is 1. The molecule has 56 heavy (non-hydrogen) atoms. The Bertz CT molecular complexity index is 1950. The van der Waals surface area contributed by atoms with Gasteiger partial charge in [-0.3, -0.25) is 9.59 Å². The Kier molecular flexibility index (Phi) is 14.7. The SMILES string of the molecule is Cc1ccc(S(=O)(=O)N2CCC[C@H]2C(=O)N[C@@H](Cc2ccc(NC(=O)[C@@](N)(CCCCNC(=O)OCc3ccccc3)C(=O)OC(C)(C)C)cc2)C(=O)O)cc1. The average Bonchev–Trinajstić information content (AvgIpc) is 3.66. The van der Waals surface area contributed by atoms with Crippen LogP contribution in [0.15, 0.2) is 83.8 Å². The standard InChI is InChI=1S/C40H51N5O10S/c1-27-14-20-31(21-15-27)56(52,53)45-24-10-13-33(45)34(46)44-32(35(47)48)25-28-16-18-30(19-17-28)43-36(49)40(41,37(50)55-39(2,3)4)22-8-9-23-42-38(51)54-26-29-11-6-5-7-12-29/h5-7,11-12,14-21,32-33H,8-10,13,22-26,41H2,1-4H3,(H,42,51)(H,43,49)(H,44,46)(H,47,48)/t32-,33-,40-/m0/s1. The maximum Gasteiger partial charge on any atom is 0.407 e. The summed E-state index contributed by atoms with van der Waals surface area (Å²) in [5, 5.41) is 17.7. The third kappa shape index (κ3) is 12.1. The number of hydrogen-bond donors (Lipinski definition) is 5. The van der Waals surface area contributed by atoms with E-state index in [4.69, 9.17) is 15.2 Å². The highest BCUT2D eigenvalue weighted by molar-refractivity contribution is 7.89. The number of carboxylic acids is 1. The highest BCUT2D eigenvalue weighted by Crippen LogP contribution is 2.27. The lowest BCUT2D eigenvalue weighted by Crippen LogP contribution is -2.59. The van der Waals surface area contributed by atoms with Crippen LogP contribution in [0.25, 0.3) is 0 Å². The number of hydrogen-bond acceptors (Lipinski definition) is 10. The number of rotatable bonds is 17. The number of sulfonamides is 1. The minimum absolute atomic E-state index is 0.0500. The zero-order valence-corrected chi connectivity index (χ0v) is 32.9. The molecule has 16 heteroatoms. The van der Waals surface area contributed by atoms with Gasteiger partial charge in [0.25, 0.3) is 5.91 Å². The molecule has 0 radical (unpaired) electrons. The second-order valence-electron chi connectivity index (χ2n) is 14.8.